The van der Waals surface area contributed by atoms with E-state index in [-0.39, 0.29) is 19.2 Å². The number of urea groups is 1. The summed E-state index contributed by atoms with van der Waals surface area (Å²) in [6.07, 6.45) is 3.28. The summed E-state index contributed by atoms with van der Waals surface area (Å²) in [5, 5.41) is 23.3. The van der Waals surface area contributed by atoms with Crippen molar-refractivity contribution in [3.63, 3.8) is 0 Å². The lowest BCUT2D eigenvalue weighted by Gasteiger charge is -2.28. The number of aromatic nitrogens is 2. The Morgan fingerprint density at radius 1 is 1.07 bits per heavy atom. The second kappa shape index (κ2) is 15.0. The average Bonchev–Trinajstić information content (AvgIpc) is 3.38. The lowest BCUT2D eigenvalue weighted by molar-refractivity contribution is -0.131. The number of carbonyl (C=O) groups is 3. The lowest BCUT2D eigenvalue weighted by Crippen LogP contribution is -2.60. The average molecular weight is 563 g/mol. The predicted molar refractivity (Wildman–Crippen MR) is 157 cm³/mol. The maximum absolute atomic E-state index is 13.3. The summed E-state index contributed by atoms with van der Waals surface area (Å²) in [5.74, 6) is -0.673. The van der Waals surface area contributed by atoms with Crippen LogP contribution in [0.25, 0.3) is 0 Å². The molecular weight excluding hydrogens is 525 g/mol. The van der Waals surface area contributed by atoms with E-state index in [0.29, 0.717) is 18.9 Å². The topological polar surface area (TPSA) is 159 Å². The van der Waals surface area contributed by atoms with Gasteiger partial charge in [0.05, 0.1) is 25.1 Å². The van der Waals surface area contributed by atoms with Crippen molar-refractivity contribution in [1.82, 2.24) is 30.7 Å². The van der Waals surface area contributed by atoms with Gasteiger partial charge in [-0.05, 0) is 37.4 Å². The normalized spacial score (nSPS) is 11.8. The Morgan fingerprint density at radius 2 is 1.76 bits per heavy atom. The van der Waals surface area contributed by atoms with Crippen LogP contribution in [0.1, 0.15) is 30.5 Å². The Labute approximate surface area is 240 Å². The van der Waals surface area contributed by atoms with Gasteiger partial charge >= 0.3 is 13.1 Å². The van der Waals surface area contributed by atoms with Gasteiger partial charge in [0.2, 0.25) is 5.91 Å². The Morgan fingerprint density at radius 3 is 2.44 bits per heavy atom. The van der Waals surface area contributed by atoms with Crippen LogP contribution in [0.15, 0.2) is 67.1 Å². The molecule has 0 aliphatic carbocycles. The highest BCUT2D eigenvalue weighted by Crippen LogP contribution is 2.13. The van der Waals surface area contributed by atoms with E-state index < -0.39 is 30.4 Å². The lowest BCUT2D eigenvalue weighted by atomic mass is 9.83. The van der Waals surface area contributed by atoms with E-state index in [0.717, 1.165) is 16.7 Å². The van der Waals surface area contributed by atoms with E-state index >= 15 is 0 Å². The van der Waals surface area contributed by atoms with Crippen molar-refractivity contribution in [2.24, 2.45) is 0 Å². The fraction of sp³-hybridized carbons (Fsp3) is 0.357. The summed E-state index contributed by atoms with van der Waals surface area (Å²) in [6, 6.07) is 15.9. The molecule has 1 aromatic heterocycles. The monoisotopic (exact) mass is 563 g/mol. The van der Waals surface area contributed by atoms with Gasteiger partial charge in [-0.1, -0.05) is 54.6 Å². The highest BCUT2D eigenvalue weighted by Gasteiger charge is 2.33. The predicted octanol–water partition coefficient (Wildman–Crippen LogP) is 1.48. The summed E-state index contributed by atoms with van der Waals surface area (Å²) in [4.78, 5) is 42.1. The molecule has 13 heteroatoms. The molecule has 6 N–H and O–H groups in total. The number of imidazole rings is 1. The molecule has 0 spiro atoms. The zero-order valence-electron chi connectivity index (χ0n) is 23.8. The quantitative estimate of drug-likeness (QED) is 0.162. The molecule has 0 saturated carbocycles. The first-order valence-electron chi connectivity index (χ1n) is 13.3. The van der Waals surface area contributed by atoms with Crippen molar-refractivity contribution in [2.45, 2.75) is 51.9 Å². The van der Waals surface area contributed by atoms with Crippen LogP contribution in [0, 0.1) is 0 Å². The minimum Gasteiger partial charge on any atom is -0.437 e. The summed E-state index contributed by atoms with van der Waals surface area (Å²) in [5.41, 5.74) is 1.71. The first kappa shape index (κ1) is 31.3. The molecule has 0 aliphatic heterocycles. The molecule has 1 heterocycles. The molecule has 0 saturated heterocycles. The van der Waals surface area contributed by atoms with Crippen LogP contribution in [-0.4, -0.2) is 64.7 Å². The van der Waals surface area contributed by atoms with Gasteiger partial charge in [-0.3, -0.25) is 9.59 Å². The van der Waals surface area contributed by atoms with Crippen LogP contribution in [0.3, 0.4) is 0 Å². The number of hydrogen-bond acceptors (Lipinski definition) is 7. The van der Waals surface area contributed by atoms with Crippen molar-refractivity contribution < 1.29 is 24.1 Å². The van der Waals surface area contributed by atoms with Crippen LogP contribution >= 0.6 is 0 Å². The fourth-order valence-corrected chi connectivity index (χ4v) is 4.05. The van der Waals surface area contributed by atoms with Gasteiger partial charge in [-0.25, -0.2) is 9.78 Å². The maximum Gasteiger partial charge on any atom is 0.374 e. The van der Waals surface area contributed by atoms with Crippen molar-refractivity contribution in [3.8, 4) is 0 Å². The van der Waals surface area contributed by atoms with Crippen molar-refractivity contribution >= 4 is 30.7 Å². The largest absolute Gasteiger partial charge is 0.437 e. The second-order valence-electron chi connectivity index (χ2n) is 10.1. The number of amides is 4. The molecule has 218 valence electrons. The van der Waals surface area contributed by atoms with E-state index in [9.17, 15) is 19.4 Å². The first-order chi connectivity index (χ1) is 19.6. The third-order valence-corrected chi connectivity index (χ3v) is 6.18. The third kappa shape index (κ3) is 10.1. The Balaban J connectivity index is 1.67. The van der Waals surface area contributed by atoms with E-state index in [1.807, 2.05) is 59.2 Å². The van der Waals surface area contributed by atoms with Gasteiger partial charge in [0.15, 0.2) is 5.82 Å². The van der Waals surface area contributed by atoms with Crippen LogP contribution < -0.4 is 26.5 Å². The smallest absolute Gasteiger partial charge is 0.374 e. The van der Waals surface area contributed by atoms with Crippen LogP contribution in [0.5, 0.6) is 0 Å². The van der Waals surface area contributed by atoms with E-state index in [1.165, 1.54) is 6.82 Å². The summed E-state index contributed by atoms with van der Waals surface area (Å²) in [6.45, 7) is 5.74. The second-order valence-corrected chi connectivity index (χ2v) is 10.1. The molecule has 0 bridgehead atoms. The molecular formula is C28H38BN7O5. The number of anilines is 1. The number of ether oxygens (including phenoxy) is 1. The first-order valence-corrected chi connectivity index (χ1v) is 13.3. The number of nitrogens with one attached hydrogen (secondary N) is 5. The van der Waals surface area contributed by atoms with Gasteiger partial charge in [0.1, 0.15) is 6.04 Å². The molecule has 0 unspecified atom stereocenters. The van der Waals surface area contributed by atoms with Gasteiger partial charge in [-0.2, -0.15) is 0 Å². The number of benzene rings is 2. The molecule has 3 rings (SSSR count). The molecule has 12 nitrogen and oxygen atoms in total. The van der Waals surface area contributed by atoms with Crippen LogP contribution in [0.4, 0.5) is 10.6 Å². The molecule has 4 amide bonds. The third-order valence-electron chi connectivity index (χ3n) is 6.18. The highest BCUT2D eigenvalue weighted by molar-refractivity contribution is 6.46. The zero-order valence-corrected chi connectivity index (χ0v) is 23.8. The van der Waals surface area contributed by atoms with Crippen molar-refractivity contribution in [2.75, 3.05) is 19.0 Å². The van der Waals surface area contributed by atoms with Gasteiger partial charge in [-0.15, -0.1) is 0 Å². The number of nitrogens with zero attached hydrogens (tertiary/aromatic N) is 2. The van der Waals surface area contributed by atoms with E-state index in [1.54, 1.807) is 33.4 Å². The van der Waals surface area contributed by atoms with E-state index in [2.05, 4.69) is 31.5 Å². The van der Waals surface area contributed by atoms with Crippen molar-refractivity contribution in [1.29, 1.82) is 0 Å². The Kier molecular flexibility index (Phi) is 11.5. The van der Waals surface area contributed by atoms with Crippen molar-refractivity contribution in [3.05, 3.63) is 83.8 Å². The number of carbonyl (C=O) groups excluding carboxylic acids is 3. The molecule has 1 atom stereocenters. The summed E-state index contributed by atoms with van der Waals surface area (Å²) >= 11 is 0. The Hall–Kier alpha value is -4.20. The molecule has 41 heavy (non-hydrogen) atoms. The van der Waals surface area contributed by atoms with Gasteiger partial charge < -0.3 is 40.8 Å². The summed E-state index contributed by atoms with van der Waals surface area (Å²) < 4.78 is 7.58. The molecule has 0 fully saturated rings. The molecule has 3 aromatic rings. The summed E-state index contributed by atoms with van der Waals surface area (Å²) in [7, 11) is 0.632. The maximum atomic E-state index is 13.3. The number of rotatable bonds is 14. The van der Waals surface area contributed by atoms with Gasteiger partial charge in [0.25, 0.3) is 5.91 Å². The van der Waals surface area contributed by atoms with Crippen LogP contribution in [-0.2, 0) is 34.0 Å². The molecule has 0 aliphatic rings. The van der Waals surface area contributed by atoms with Gasteiger partial charge in [0, 0.05) is 26.3 Å². The minimum atomic E-state index is -1.15. The standard InChI is InChI=1S/C28H38BN7O5/c1-28(2,35-29(3)40)26(38)33-23(18-41-17-20-10-6-5-7-11-20)25(37)34-24-16-36(19-32-24)15-22-13-9-8-12-21(22)14-31-27(39)30-4/h5-13,16,19,23,35,40H,14-15,17-18H2,1-4H3,(H,33,38)(H,34,37)(H2,30,31,39)/t23-/m1/s1. The molecule has 2 aromatic carbocycles. The highest BCUT2D eigenvalue weighted by atomic mass is 16.5. The zero-order chi connectivity index (χ0) is 29.8. The molecule has 0 radical (unpaired) electrons. The fourth-order valence-electron chi connectivity index (χ4n) is 4.05. The van der Waals surface area contributed by atoms with E-state index in [4.69, 9.17) is 4.74 Å². The minimum absolute atomic E-state index is 0.0797. The number of hydrogen-bond donors (Lipinski definition) is 6. The Bertz CT molecular complexity index is 1300. The SMILES string of the molecule is CNC(=O)NCc1ccccc1Cn1cnc(NC(=O)[C@@H](COCc2ccccc2)NC(=O)C(C)(C)NB(C)O)c1. The van der Waals surface area contributed by atoms with Crippen LogP contribution in [0.2, 0.25) is 6.82 Å².